The molecule has 0 amide bonds. The van der Waals surface area contributed by atoms with Crippen molar-refractivity contribution in [3.05, 3.63) is 0 Å². The normalized spacial score (nSPS) is 16.9. The highest BCUT2D eigenvalue weighted by molar-refractivity contribution is 6.65. The molecule has 98 valence electrons. The predicted molar refractivity (Wildman–Crippen MR) is 75.6 cm³/mol. The Labute approximate surface area is 104 Å². The monoisotopic (exact) mass is 263 g/mol. The van der Waals surface area contributed by atoms with Crippen LogP contribution in [0.4, 0.5) is 0 Å². The number of rotatable bonds is 6. The maximum absolute atomic E-state index is 6.12. The number of hydrogen-bond acceptors (Lipinski definition) is 3. The van der Waals surface area contributed by atoms with Gasteiger partial charge in [0.25, 0.3) is 0 Å². The topological polar surface area (TPSA) is 21.7 Å². The summed E-state index contributed by atoms with van der Waals surface area (Å²) in [6.07, 6.45) is 0.906. The quantitative estimate of drug-likeness (QED) is 0.687. The molecule has 0 aliphatic heterocycles. The summed E-state index contributed by atoms with van der Waals surface area (Å²) in [7, 11) is -1.09. The molecular weight excluding hydrogens is 234 g/mol. The molecule has 0 aromatic carbocycles. The lowest BCUT2D eigenvalue weighted by molar-refractivity contribution is 0.111. The molecule has 1 unspecified atom stereocenters. The average Bonchev–Trinajstić information content (AvgIpc) is 2.13. The van der Waals surface area contributed by atoms with Gasteiger partial charge in [-0.05, 0) is 33.9 Å². The minimum atomic E-state index is -2.18. The summed E-state index contributed by atoms with van der Waals surface area (Å²) in [4.78, 5) is 0. The van der Waals surface area contributed by atoms with E-state index in [1.807, 2.05) is 0 Å². The maximum Gasteiger partial charge on any atom is 0.424 e. The van der Waals surface area contributed by atoms with Crippen LogP contribution in [0.1, 0.15) is 27.7 Å². The molecule has 16 heavy (non-hydrogen) atoms. The zero-order valence-corrected chi connectivity index (χ0v) is 14.4. The van der Waals surface area contributed by atoms with E-state index in [4.69, 9.17) is 8.85 Å². The van der Waals surface area contributed by atoms with Gasteiger partial charge in [0.15, 0.2) is 0 Å². The van der Waals surface area contributed by atoms with E-state index in [1.165, 1.54) is 0 Å². The van der Waals surface area contributed by atoms with Gasteiger partial charge in [0.1, 0.15) is 0 Å². The molecule has 0 aromatic heterocycles. The van der Waals surface area contributed by atoms with Crippen molar-refractivity contribution in [2.24, 2.45) is 0 Å². The molecule has 0 aromatic rings. The first-order valence-electron chi connectivity index (χ1n) is 6.14. The van der Waals surface area contributed by atoms with Crippen LogP contribution in [-0.4, -0.2) is 47.5 Å². The second-order valence-electron chi connectivity index (χ2n) is 5.72. The van der Waals surface area contributed by atoms with Gasteiger partial charge in [-0.1, -0.05) is 20.0 Å². The Balaban J connectivity index is 4.76. The van der Waals surface area contributed by atoms with Crippen LogP contribution in [0.5, 0.6) is 0 Å². The van der Waals surface area contributed by atoms with Gasteiger partial charge in [0.05, 0.1) is 8.80 Å². The van der Waals surface area contributed by atoms with Crippen molar-refractivity contribution in [3.8, 4) is 0 Å². The van der Waals surface area contributed by atoms with Crippen LogP contribution in [-0.2, 0) is 8.85 Å². The molecule has 0 spiro atoms. The summed E-state index contributed by atoms with van der Waals surface area (Å²) in [5.41, 5.74) is 0.101. The van der Waals surface area contributed by atoms with E-state index in [9.17, 15) is 0 Å². The fourth-order valence-electron chi connectivity index (χ4n) is 1.94. The van der Waals surface area contributed by atoms with Gasteiger partial charge in [-0.25, -0.2) is 0 Å². The minimum Gasteiger partial charge on any atom is -0.387 e. The summed E-state index contributed by atoms with van der Waals surface area (Å²) in [5, 5.41) is 0. The van der Waals surface area contributed by atoms with Crippen LogP contribution in [0, 0.1) is 0 Å². The molecule has 0 saturated carbocycles. The predicted octanol–water partition coefficient (Wildman–Crippen LogP) is 2.36. The molecule has 1 atom stereocenters. The first-order chi connectivity index (χ1) is 7.17. The smallest absolute Gasteiger partial charge is 0.387 e. The fourth-order valence-corrected chi connectivity index (χ4v) is 6.80. The Bertz CT molecular complexity index is 207. The molecule has 0 rings (SSSR count). The molecule has 0 radical (unpaired) electrons. The average molecular weight is 264 g/mol. The lowest BCUT2D eigenvalue weighted by atomic mass is 10.1. The van der Waals surface area contributed by atoms with Crippen molar-refractivity contribution >= 4 is 17.5 Å². The molecule has 0 aliphatic rings. The largest absolute Gasteiger partial charge is 0.424 e. The molecule has 0 heterocycles. The van der Waals surface area contributed by atoms with Crippen molar-refractivity contribution in [3.63, 3.8) is 0 Å². The van der Waals surface area contributed by atoms with E-state index >= 15 is 0 Å². The van der Waals surface area contributed by atoms with E-state index in [0.29, 0.717) is 0 Å². The van der Waals surface area contributed by atoms with Gasteiger partial charge in [0, 0.05) is 18.9 Å². The summed E-state index contributed by atoms with van der Waals surface area (Å²) < 4.78 is 14.2. The van der Waals surface area contributed by atoms with Crippen LogP contribution >= 0.6 is 0 Å². The Kier molecular flexibility index (Phi) is 6.43. The molecule has 5 heteroatoms. The van der Waals surface area contributed by atoms with Crippen molar-refractivity contribution in [2.45, 2.75) is 52.9 Å². The third kappa shape index (κ3) is 4.67. The lowest BCUT2D eigenvalue weighted by Crippen LogP contribution is -2.63. The van der Waals surface area contributed by atoms with Crippen LogP contribution in [0.25, 0.3) is 0 Å². The second-order valence-corrected chi connectivity index (χ2v) is 11.9. The summed E-state index contributed by atoms with van der Waals surface area (Å²) in [6.45, 7) is 16.6. The van der Waals surface area contributed by atoms with Gasteiger partial charge >= 0.3 is 8.72 Å². The molecular formula is C11H29NO2Si2. The zero-order valence-electron chi connectivity index (χ0n) is 12.3. The first kappa shape index (κ1) is 16.3. The van der Waals surface area contributed by atoms with Gasteiger partial charge in [-0.15, -0.1) is 0 Å². The number of hydrogen-bond donors (Lipinski definition) is 0. The van der Waals surface area contributed by atoms with Crippen molar-refractivity contribution < 1.29 is 8.85 Å². The third-order valence-electron chi connectivity index (χ3n) is 2.68. The molecule has 0 bridgehead atoms. The summed E-state index contributed by atoms with van der Waals surface area (Å²) in [5.74, 6) is 0. The van der Waals surface area contributed by atoms with Crippen LogP contribution in [0.3, 0.4) is 0 Å². The lowest BCUT2D eigenvalue weighted by Gasteiger charge is -2.44. The van der Waals surface area contributed by atoms with Crippen LogP contribution in [0.2, 0.25) is 19.6 Å². The van der Waals surface area contributed by atoms with Crippen LogP contribution in [0.15, 0.2) is 0 Å². The first-order valence-corrected chi connectivity index (χ1v) is 11.5. The van der Waals surface area contributed by atoms with Gasteiger partial charge < -0.3 is 8.85 Å². The van der Waals surface area contributed by atoms with Crippen molar-refractivity contribution in [2.75, 3.05) is 19.9 Å². The Morgan fingerprint density at radius 3 is 2.00 bits per heavy atom. The highest BCUT2D eigenvalue weighted by Gasteiger charge is 2.43. The fraction of sp³-hybridized carbons (Fsp3) is 1.00. The van der Waals surface area contributed by atoms with Gasteiger partial charge in [-0.2, -0.15) is 0 Å². The highest BCUT2D eigenvalue weighted by Crippen LogP contribution is 2.23. The van der Waals surface area contributed by atoms with Crippen molar-refractivity contribution in [1.29, 1.82) is 0 Å². The summed E-state index contributed by atoms with van der Waals surface area (Å²) in [6, 6.07) is 0. The Morgan fingerprint density at radius 2 is 1.75 bits per heavy atom. The van der Waals surface area contributed by atoms with Gasteiger partial charge in [-0.3, -0.25) is 4.57 Å². The zero-order chi connectivity index (χ0) is 13.0. The van der Waals surface area contributed by atoms with Crippen LogP contribution < -0.4 is 0 Å². The standard InChI is InChI=1S/C11H29NO2Si2/c1-9-12(11(2,3)4)16(8,13-5)14-10-15(6)7/h15H,9-10H2,1-8H3. The Hall–Kier alpha value is 0.314. The second kappa shape index (κ2) is 6.30. The van der Waals surface area contributed by atoms with E-state index in [1.54, 1.807) is 7.11 Å². The molecule has 3 nitrogen and oxygen atoms in total. The summed E-state index contributed by atoms with van der Waals surface area (Å²) >= 11 is 0. The van der Waals surface area contributed by atoms with Crippen molar-refractivity contribution in [1.82, 2.24) is 4.57 Å². The molecule has 0 saturated heterocycles. The Morgan fingerprint density at radius 1 is 1.25 bits per heavy atom. The highest BCUT2D eigenvalue weighted by atomic mass is 28.4. The van der Waals surface area contributed by atoms with E-state index in [2.05, 4.69) is 51.9 Å². The molecule has 0 fully saturated rings. The number of nitrogens with zero attached hydrogens (tertiary/aromatic N) is 1. The van der Waals surface area contributed by atoms with E-state index in [0.717, 1.165) is 12.8 Å². The molecule has 0 N–H and O–H groups in total. The SMILES string of the molecule is CCN(C(C)(C)C)[Si](C)(OC)OC[SiH](C)C. The maximum atomic E-state index is 6.12. The van der Waals surface area contributed by atoms with Gasteiger partial charge in [0.2, 0.25) is 0 Å². The third-order valence-corrected chi connectivity index (χ3v) is 7.27. The van der Waals surface area contributed by atoms with E-state index < -0.39 is 17.5 Å². The van der Waals surface area contributed by atoms with E-state index in [-0.39, 0.29) is 5.54 Å². The molecule has 0 aliphatic carbocycles. The minimum absolute atomic E-state index is 0.101.